The van der Waals surface area contributed by atoms with Crippen LogP contribution < -0.4 is 10.5 Å². The first kappa shape index (κ1) is 27.7. The summed E-state index contributed by atoms with van der Waals surface area (Å²) in [5.74, 6) is 0.447. The molecule has 1 aromatic heterocycles. The molecule has 0 amide bonds. The van der Waals surface area contributed by atoms with Crippen LogP contribution in [0.3, 0.4) is 0 Å². The Balaban J connectivity index is -0.000000107. The Morgan fingerprint density at radius 3 is 2.10 bits per heavy atom. The lowest BCUT2D eigenvalue weighted by Gasteiger charge is -1.96. The number of methoxy groups -OCH3 is 1. The van der Waals surface area contributed by atoms with Crippen molar-refractivity contribution in [3.8, 4) is 5.88 Å². The summed E-state index contributed by atoms with van der Waals surface area (Å²) in [4.78, 5) is 14.2. The lowest BCUT2D eigenvalue weighted by atomic mass is 10.4. The highest BCUT2D eigenvalue weighted by Gasteiger charge is 1.95. The quantitative estimate of drug-likeness (QED) is 0.859. The van der Waals surface area contributed by atoms with Crippen LogP contribution in [0, 0.1) is 0 Å². The Labute approximate surface area is 130 Å². The number of carbonyl (C=O) groups excluding carboxylic acids is 1. The molecule has 5 nitrogen and oxygen atoms in total. The molecule has 1 aromatic rings. The van der Waals surface area contributed by atoms with Crippen LogP contribution in [-0.4, -0.2) is 31.2 Å². The van der Waals surface area contributed by atoms with E-state index in [0.717, 1.165) is 0 Å². The summed E-state index contributed by atoms with van der Waals surface area (Å²) in [6.45, 7) is 10.6. The largest absolute Gasteiger partial charge is 0.481 e. The van der Waals surface area contributed by atoms with E-state index < -0.39 is 0 Å². The van der Waals surface area contributed by atoms with E-state index in [1.165, 1.54) is 0 Å². The number of aromatic nitrogens is 1. The molecule has 0 saturated heterocycles. The van der Waals surface area contributed by atoms with E-state index in [1.807, 2.05) is 39.8 Å². The molecule has 0 atom stereocenters. The molecule has 5 heteroatoms. The van der Waals surface area contributed by atoms with Crippen molar-refractivity contribution < 1.29 is 14.3 Å². The van der Waals surface area contributed by atoms with Gasteiger partial charge < -0.3 is 15.2 Å². The molecule has 2 N–H and O–H groups in total. The van der Waals surface area contributed by atoms with Gasteiger partial charge in [-0.15, -0.1) is 0 Å². The summed E-state index contributed by atoms with van der Waals surface area (Å²) in [5.41, 5.74) is 5.06. The fraction of sp³-hybridized carbons (Fsp3) is 0.625. The lowest BCUT2D eigenvalue weighted by Crippen LogP contribution is -2.10. The van der Waals surface area contributed by atoms with Gasteiger partial charge in [-0.1, -0.05) is 41.2 Å². The molecule has 0 aromatic carbocycles. The molecule has 0 bridgehead atoms. The van der Waals surface area contributed by atoms with Crippen molar-refractivity contribution in [2.75, 3.05) is 20.3 Å². The van der Waals surface area contributed by atoms with E-state index in [9.17, 15) is 4.79 Å². The Kier molecular flexibility index (Phi) is 35.4. The average Bonchev–Trinajstić information content (AvgIpc) is 2.53. The number of hydrogen-bond acceptors (Lipinski definition) is 5. The third-order valence-corrected chi connectivity index (χ3v) is 1.50. The molecule has 0 unspecified atom stereocenters. The van der Waals surface area contributed by atoms with Crippen molar-refractivity contribution in [1.82, 2.24) is 4.98 Å². The SMILES string of the molecule is C.CC.CC.CCOC(=O)CCN.COc1ccccn1. The van der Waals surface area contributed by atoms with Crippen LogP contribution in [0.4, 0.5) is 0 Å². The Morgan fingerprint density at radius 1 is 1.24 bits per heavy atom. The normalized spacial score (nSPS) is 7.19. The smallest absolute Gasteiger partial charge is 0.307 e. The highest BCUT2D eigenvalue weighted by atomic mass is 16.5. The number of carbonyl (C=O) groups is 1. The fourth-order valence-electron chi connectivity index (χ4n) is 0.819. The topological polar surface area (TPSA) is 74.4 Å². The maximum absolute atomic E-state index is 10.3. The van der Waals surface area contributed by atoms with E-state index in [-0.39, 0.29) is 13.4 Å². The van der Waals surface area contributed by atoms with Crippen molar-refractivity contribution in [1.29, 1.82) is 0 Å². The van der Waals surface area contributed by atoms with Crippen molar-refractivity contribution in [2.45, 2.75) is 48.5 Å². The van der Waals surface area contributed by atoms with Gasteiger partial charge in [-0.3, -0.25) is 4.79 Å². The van der Waals surface area contributed by atoms with Gasteiger partial charge in [0.2, 0.25) is 5.88 Å². The summed E-state index contributed by atoms with van der Waals surface area (Å²) in [6, 6.07) is 5.54. The predicted octanol–water partition coefficient (Wildman–Crippen LogP) is 3.68. The van der Waals surface area contributed by atoms with Gasteiger partial charge in [0, 0.05) is 18.8 Å². The number of pyridine rings is 1. The van der Waals surface area contributed by atoms with Crippen molar-refractivity contribution >= 4 is 5.97 Å². The van der Waals surface area contributed by atoms with Crippen LogP contribution in [0.15, 0.2) is 24.4 Å². The summed E-state index contributed by atoms with van der Waals surface area (Å²) in [7, 11) is 1.60. The standard InChI is InChI=1S/C6H7NO.C5H11NO2.2C2H6.CH4/c1-8-6-4-2-3-5-7-6;1-2-8-5(7)3-4-6;2*1-2;/h2-5H,1H3;2-4,6H2,1H3;2*1-2H3;1H4. The predicted molar refractivity (Wildman–Crippen MR) is 90.5 cm³/mol. The van der Waals surface area contributed by atoms with E-state index in [1.54, 1.807) is 26.3 Å². The van der Waals surface area contributed by atoms with Crippen molar-refractivity contribution in [3.05, 3.63) is 24.4 Å². The molecule has 1 heterocycles. The molecule has 0 saturated carbocycles. The first-order valence-electron chi connectivity index (χ1n) is 7.05. The minimum atomic E-state index is -0.213. The van der Waals surface area contributed by atoms with Crippen molar-refractivity contribution in [2.24, 2.45) is 5.73 Å². The molecular weight excluding hydrogens is 268 g/mol. The second-order valence-corrected chi connectivity index (χ2v) is 2.72. The Morgan fingerprint density at radius 2 is 1.81 bits per heavy atom. The van der Waals surface area contributed by atoms with Crippen LogP contribution in [-0.2, 0) is 9.53 Å². The first-order valence-corrected chi connectivity index (χ1v) is 7.05. The molecule has 0 fully saturated rings. The van der Waals surface area contributed by atoms with Gasteiger partial charge >= 0.3 is 5.97 Å². The maximum atomic E-state index is 10.3. The van der Waals surface area contributed by atoms with Crippen LogP contribution in [0.1, 0.15) is 48.5 Å². The van der Waals surface area contributed by atoms with Gasteiger partial charge in [0.1, 0.15) is 0 Å². The summed E-state index contributed by atoms with van der Waals surface area (Å²) >= 11 is 0. The van der Waals surface area contributed by atoms with Gasteiger partial charge in [-0.25, -0.2) is 4.98 Å². The van der Waals surface area contributed by atoms with Gasteiger partial charge in [0.15, 0.2) is 0 Å². The van der Waals surface area contributed by atoms with Gasteiger partial charge in [-0.05, 0) is 13.0 Å². The lowest BCUT2D eigenvalue weighted by molar-refractivity contribution is -0.142. The molecule has 21 heavy (non-hydrogen) atoms. The van der Waals surface area contributed by atoms with Crippen LogP contribution in [0.5, 0.6) is 5.88 Å². The van der Waals surface area contributed by atoms with Crippen molar-refractivity contribution in [3.63, 3.8) is 0 Å². The zero-order valence-corrected chi connectivity index (χ0v) is 13.7. The molecule has 0 aliphatic carbocycles. The van der Waals surface area contributed by atoms with Crippen LogP contribution in [0.25, 0.3) is 0 Å². The fourth-order valence-corrected chi connectivity index (χ4v) is 0.819. The number of esters is 1. The van der Waals surface area contributed by atoms with E-state index in [2.05, 4.69) is 9.72 Å². The van der Waals surface area contributed by atoms with Gasteiger partial charge in [0.25, 0.3) is 0 Å². The number of hydrogen-bond donors (Lipinski definition) is 1. The minimum absolute atomic E-state index is 0. The second-order valence-electron chi connectivity index (χ2n) is 2.72. The molecule has 0 spiro atoms. The zero-order valence-electron chi connectivity index (χ0n) is 13.7. The number of nitrogens with two attached hydrogens (primary N) is 1. The summed E-state index contributed by atoms with van der Waals surface area (Å²) < 4.78 is 9.37. The average molecular weight is 302 g/mol. The Bertz CT molecular complexity index is 272. The highest BCUT2D eigenvalue weighted by molar-refractivity contribution is 5.69. The number of nitrogens with zero attached hydrogens (tertiary/aromatic N) is 1. The monoisotopic (exact) mass is 302 g/mol. The van der Waals surface area contributed by atoms with E-state index in [4.69, 9.17) is 10.5 Å². The molecule has 0 aliphatic rings. The summed E-state index contributed by atoms with van der Waals surface area (Å²) in [5, 5.41) is 0. The highest BCUT2D eigenvalue weighted by Crippen LogP contribution is 1.99. The second kappa shape index (κ2) is 26.8. The van der Waals surface area contributed by atoms with Gasteiger partial charge in [-0.2, -0.15) is 0 Å². The maximum Gasteiger partial charge on any atom is 0.307 e. The third-order valence-electron chi connectivity index (χ3n) is 1.50. The molecule has 0 radical (unpaired) electrons. The van der Waals surface area contributed by atoms with E-state index in [0.29, 0.717) is 25.5 Å². The Hall–Kier alpha value is -1.62. The number of ether oxygens (including phenoxy) is 2. The van der Waals surface area contributed by atoms with Crippen LogP contribution >= 0.6 is 0 Å². The third kappa shape index (κ3) is 23.8. The molecular formula is C16H34N2O3. The molecule has 1 rings (SSSR count). The van der Waals surface area contributed by atoms with E-state index >= 15 is 0 Å². The summed E-state index contributed by atoms with van der Waals surface area (Å²) in [6.07, 6.45) is 2.02. The minimum Gasteiger partial charge on any atom is -0.481 e. The molecule has 126 valence electrons. The first-order chi connectivity index (χ1) is 9.74. The van der Waals surface area contributed by atoms with Crippen LogP contribution in [0.2, 0.25) is 0 Å². The van der Waals surface area contributed by atoms with Gasteiger partial charge in [0.05, 0.1) is 20.1 Å². The molecule has 0 aliphatic heterocycles. The zero-order chi connectivity index (χ0) is 16.2. The number of rotatable bonds is 4.